The first-order chi connectivity index (χ1) is 41.8. The number of hydrogen-bond acceptors (Lipinski definition) is 6. The highest BCUT2D eigenvalue weighted by Crippen LogP contribution is 2.28. The van der Waals surface area contributed by atoms with Gasteiger partial charge in [0.1, 0.15) is 23.2 Å². The van der Waals surface area contributed by atoms with Crippen LogP contribution >= 0.6 is 0 Å². The lowest BCUT2D eigenvalue weighted by Gasteiger charge is -2.20. The maximum Gasteiger partial charge on any atom is 0.168 e. The van der Waals surface area contributed by atoms with Crippen LogP contribution in [0.25, 0.3) is 0 Å². The molecule has 1 aliphatic rings. The summed E-state index contributed by atoms with van der Waals surface area (Å²) in [5, 5.41) is 0. The Hall–Kier alpha value is -6.75. The molecule has 0 amide bonds. The molecule has 0 aromatic heterocycles. The van der Waals surface area contributed by atoms with Crippen molar-refractivity contribution in [1.29, 1.82) is 0 Å². The van der Waals surface area contributed by atoms with Crippen LogP contribution < -0.4 is 0 Å². The smallest absolute Gasteiger partial charge is 0.168 e. The fraction of sp³-hybridized carbons (Fsp3) is 0.512. The molecule has 0 bridgehead atoms. The lowest BCUT2D eigenvalue weighted by Crippen LogP contribution is -2.20. The molecule has 0 radical (unpaired) electrons. The van der Waals surface area contributed by atoms with Crippen molar-refractivity contribution in [2.75, 3.05) is 0 Å². The molecule has 0 spiro atoms. The van der Waals surface area contributed by atoms with Crippen LogP contribution in [-0.2, 0) is 20.4 Å². The first-order valence-electron chi connectivity index (χ1n) is 33.4. The third-order valence-corrected chi connectivity index (χ3v) is 15.0. The molecule has 0 atom stereocenters. The van der Waals surface area contributed by atoms with Gasteiger partial charge in [-0.05, 0) is 70.2 Å². The molecule has 6 nitrogen and oxygen atoms in total. The van der Waals surface area contributed by atoms with Crippen molar-refractivity contribution in [3.63, 3.8) is 0 Å². The first-order valence-corrected chi connectivity index (χ1v) is 33.4. The van der Waals surface area contributed by atoms with Gasteiger partial charge in [-0.15, -0.1) is 0 Å². The summed E-state index contributed by atoms with van der Waals surface area (Å²) in [5.74, 6) is 3.94. The molecule has 0 heterocycles. The molecule has 0 saturated heterocycles. The number of allylic oxidation sites excluding steroid dienone is 6. The van der Waals surface area contributed by atoms with Gasteiger partial charge in [-0.2, -0.15) is 0 Å². The summed E-state index contributed by atoms with van der Waals surface area (Å²) in [5.41, 5.74) is 10.3. The molecular weight excluding hydrogens is 1130 g/mol. The van der Waals surface area contributed by atoms with Crippen LogP contribution in [0.5, 0.6) is 0 Å². The fourth-order valence-electron chi connectivity index (χ4n) is 7.53. The van der Waals surface area contributed by atoms with E-state index in [1.54, 1.807) is 13.8 Å². The van der Waals surface area contributed by atoms with E-state index in [2.05, 4.69) is 158 Å². The van der Waals surface area contributed by atoms with Gasteiger partial charge in [0.2, 0.25) is 0 Å². The Labute approximate surface area is 563 Å². The summed E-state index contributed by atoms with van der Waals surface area (Å²) < 4.78 is 0. The van der Waals surface area contributed by atoms with Gasteiger partial charge in [0, 0.05) is 79.9 Å². The van der Waals surface area contributed by atoms with Crippen molar-refractivity contribution in [2.45, 2.75) is 250 Å². The number of hydrogen-bond donors (Lipinski definition) is 0. The number of carbonyl (C=O) groups is 6. The molecule has 92 heavy (non-hydrogen) atoms. The van der Waals surface area contributed by atoms with E-state index in [1.807, 2.05) is 208 Å². The van der Waals surface area contributed by atoms with Crippen LogP contribution in [-0.4, -0.2) is 34.7 Å². The number of benzene rings is 5. The number of Topliss-reactive ketones (excluding diaryl/α,β-unsaturated/α-hetero) is 6. The summed E-state index contributed by atoms with van der Waals surface area (Å²) >= 11 is 0. The molecule has 0 fully saturated rings. The molecule has 0 saturated carbocycles. The zero-order chi connectivity index (χ0) is 72.1. The van der Waals surface area contributed by atoms with E-state index in [0.29, 0.717) is 23.7 Å². The number of rotatable bonds is 10. The van der Waals surface area contributed by atoms with Crippen LogP contribution in [0.2, 0.25) is 0 Å². The average Bonchev–Trinajstić information content (AvgIpc) is 1.27. The summed E-state index contributed by atoms with van der Waals surface area (Å²) in [6.07, 6.45) is 11.3. The Morgan fingerprint density at radius 3 is 0.783 bits per heavy atom. The molecule has 6 rings (SSSR count). The third-order valence-electron chi connectivity index (χ3n) is 15.0. The predicted octanol–water partition coefficient (Wildman–Crippen LogP) is 24.3. The number of ketones is 6. The Morgan fingerprint density at radius 2 is 0.598 bits per heavy atom. The van der Waals surface area contributed by atoms with Gasteiger partial charge in [0.15, 0.2) is 23.1 Å². The molecule has 0 aliphatic heterocycles. The van der Waals surface area contributed by atoms with Crippen LogP contribution in [0, 0.1) is 45.5 Å². The van der Waals surface area contributed by atoms with Crippen molar-refractivity contribution in [3.05, 3.63) is 213 Å². The lowest BCUT2D eigenvalue weighted by atomic mass is 9.83. The SMILES string of the molecule is CC(=O)C(C)(C)C.CC(=O)C(C)C.CC(C)(C)C(=O)c1ccc(C(C)(C)C)cc1.CC(C)(C)C(=O)c1ccc(C(C)(C)C)cc1.CC(C)C(=O)c1ccc(C(C)C)cc1.CC(C)C1=CC=CC=[C+]1.CC(C)c1ccc(C(=O)C(C)(C)C)cc1.CC(C)c1ccccc1. The van der Waals surface area contributed by atoms with E-state index in [9.17, 15) is 28.8 Å². The standard InChI is InChI=1S/2C15H22O.C14H20O.C13H18O.C9H12.C9H11.C6H12O.C5H10O/c2*1-14(2,3)12-9-7-11(8-10-12)13(16)15(4,5)6;1-10(2)11-6-8-12(9-7-11)13(15)14(3,4)5;1-9(2)11-5-7-12(8-6-11)13(14)10(3)4;2*1-8(2)9-6-4-3-5-7-9;1-5(7)6(2,3)4;1-4(2)5(3)6/h2*7-10H,1-6H3;6-10H,1-5H3;5-10H,1-4H3;3-8H,1-2H3;3-6,8H,1-2H3;1-4H3;4H,1-3H3/q;;;;;+1;;. The first kappa shape index (κ1) is 87.3. The van der Waals surface area contributed by atoms with Crippen molar-refractivity contribution in [2.24, 2.45) is 39.4 Å². The van der Waals surface area contributed by atoms with Crippen LogP contribution in [0.4, 0.5) is 0 Å². The highest BCUT2D eigenvalue weighted by molar-refractivity contribution is 6.01. The van der Waals surface area contributed by atoms with E-state index < -0.39 is 0 Å². The summed E-state index contributed by atoms with van der Waals surface area (Å²) in [6, 6.07) is 42.4. The van der Waals surface area contributed by atoms with Gasteiger partial charge < -0.3 is 0 Å². The average molecular weight is 1260 g/mol. The topological polar surface area (TPSA) is 102 Å². The van der Waals surface area contributed by atoms with Crippen LogP contribution in [0.1, 0.15) is 309 Å². The Bertz CT molecular complexity index is 2990. The Balaban J connectivity index is 0. The Morgan fingerprint density at radius 1 is 0.326 bits per heavy atom. The van der Waals surface area contributed by atoms with Gasteiger partial charge in [-0.3, -0.25) is 28.8 Å². The molecule has 0 unspecified atom stereocenters. The van der Waals surface area contributed by atoms with Gasteiger partial charge in [-0.25, -0.2) is 0 Å². The van der Waals surface area contributed by atoms with E-state index in [4.69, 9.17) is 0 Å². The predicted molar refractivity (Wildman–Crippen MR) is 398 cm³/mol. The maximum absolute atomic E-state index is 12.0. The second kappa shape index (κ2) is 39.7. The molecule has 506 valence electrons. The third kappa shape index (κ3) is 35.9. The van der Waals surface area contributed by atoms with E-state index >= 15 is 0 Å². The van der Waals surface area contributed by atoms with Gasteiger partial charge in [0.25, 0.3) is 0 Å². The molecule has 5 aromatic rings. The second-order valence-corrected chi connectivity index (χ2v) is 32.1. The van der Waals surface area contributed by atoms with Gasteiger partial charge >= 0.3 is 0 Å². The highest BCUT2D eigenvalue weighted by atomic mass is 16.1. The number of carbonyl (C=O) groups excluding carboxylic acids is 6. The molecule has 5 aromatic carbocycles. The van der Waals surface area contributed by atoms with Crippen LogP contribution in [0.3, 0.4) is 0 Å². The maximum atomic E-state index is 12.0. The minimum absolute atomic E-state index is 0.0832. The van der Waals surface area contributed by atoms with Crippen molar-refractivity contribution in [1.82, 2.24) is 0 Å². The zero-order valence-electron chi connectivity index (χ0n) is 63.8. The van der Waals surface area contributed by atoms with Gasteiger partial charge in [-0.1, -0.05) is 335 Å². The second-order valence-electron chi connectivity index (χ2n) is 32.1. The zero-order valence-corrected chi connectivity index (χ0v) is 63.8. The van der Waals surface area contributed by atoms with Crippen molar-refractivity contribution >= 4 is 34.7 Å². The monoisotopic (exact) mass is 1260 g/mol. The lowest BCUT2D eigenvalue weighted by molar-refractivity contribution is -0.124. The van der Waals surface area contributed by atoms with Gasteiger partial charge in [0.05, 0.1) is 6.08 Å². The summed E-state index contributed by atoms with van der Waals surface area (Å²) in [4.78, 5) is 68.2. The van der Waals surface area contributed by atoms with Crippen LogP contribution in [0.15, 0.2) is 157 Å². The van der Waals surface area contributed by atoms with Crippen molar-refractivity contribution in [3.8, 4) is 0 Å². The minimum atomic E-state index is -0.302. The molecule has 0 N–H and O–H groups in total. The summed E-state index contributed by atoms with van der Waals surface area (Å²) in [6.45, 7) is 64.6. The van der Waals surface area contributed by atoms with Crippen molar-refractivity contribution < 1.29 is 28.8 Å². The van der Waals surface area contributed by atoms with E-state index in [0.717, 1.165) is 22.3 Å². The molecule has 6 heteroatoms. The highest BCUT2D eigenvalue weighted by Gasteiger charge is 2.26. The normalized spacial score (nSPS) is 12.0. The largest absolute Gasteiger partial charge is 0.300 e. The Kier molecular flexibility index (Phi) is 37.7. The summed E-state index contributed by atoms with van der Waals surface area (Å²) in [7, 11) is 0. The molecule has 1 aliphatic carbocycles. The van der Waals surface area contributed by atoms with E-state index in [1.165, 1.54) is 33.4 Å². The quantitative estimate of drug-likeness (QED) is 0.102. The molecular formula is C86H127O6+. The fourth-order valence-corrected chi connectivity index (χ4v) is 7.53. The minimum Gasteiger partial charge on any atom is -0.300 e. The van der Waals surface area contributed by atoms with E-state index in [-0.39, 0.29) is 79.0 Å².